The van der Waals surface area contributed by atoms with Crippen LogP contribution >= 0.6 is 15.9 Å². The first-order valence-electron chi connectivity index (χ1n) is 5.50. The van der Waals surface area contributed by atoms with E-state index in [0.29, 0.717) is 5.41 Å². The molecule has 0 amide bonds. The topological polar surface area (TPSA) is 9.23 Å². The minimum Gasteiger partial charge on any atom is -0.494 e. The Hall–Kier alpha value is -0.500. The van der Waals surface area contributed by atoms with Gasteiger partial charge in [0.2, 0.25) is 0 Å². The van der Waals surface area contributed by atoms with Crippen LogP contribution in [0.4, 0.5) is 0 Å². The Bertz CT molecular complexity index is 350. The van der Waals surface area contributed by atoms with Crippen LogP contribution in [0.15, 0.2) is 24.3 Å². The van der Waals surface area contributed by atoms with Crippen molar-refractivity contribution in [1.29, 1.82) is 0 Å². The molecule has 82 valence electrons. The van der Waals surface area contributed by atoms with Crippen LogP contribution in [0, 0.1) is 5.92 Å². The molecule has 1 aromatic rings. The van der Waals surface area contributed by atoms with Gasteiger partial charge < -0.3 is 4.74 Å². The number of para-hydroxylation sites is 1. The molecule has 0 spiro atoms. The van der Waals surface area contributed by atoms with Crippen LogP contribution in [0.5, 0.6) is 5.75 Å². The first-order chi connectivity index (χ1) is 7.22. The second-order valence-electron chi connectivity index (χ2n) is 4.40. The van der Waals surface area contributed by atoms with Gasteiger partial charge in [-0.15, -0.1) is 0 Å². The van der Waals surface area contributed by atoms with E-state index >= 15 is 0 Å². The second kappa shape index (κ2) is 4.17. The van der Waals surface area contributed by atoms with Gasteiger partial charge in [-0.05, 0) is 25.3 Å². The highest BCUT2D eigenvalue weighted by Gasteiger charge is 2.51. The van der Waals surface area contributed by atoms with E-state index in [9.17, 15) is 0 Å². The van der Waals surface area contributed by atoms with E-state index in [1.54, 1.807) is 0 Å². The quantitative estimate of drug-likeness (QED) is 0.756. The van der Waals surface area contributed by atoms with Crippen LogP contribution in [0.1, 0.15) is 25.8 Å². The van der Waals surface area contributed by atoms with Crippen molar-refractivity contribution in [3.05, 3.63) is 29.8 Å². The molecule has 2 rings (SSSR count). The van der Waals surface area contributed by atoms with Gasteiger partial charge in [-0.3, -0.25) is 0 Å². The first-order valence-corrected chi connectivity index (χ1v) is 6.62. The maximum absolute atomic E-state index is 5.68. The molecule has 0 N–H and O–H groups in total. The maximum atomic E-state index is 5.68. The molecule has 1 aliphatic carbocycles. The van der Waals surface area contributed by atoms with Gasteiger partial charge in [0.15, 0.2) is 0 Å². The number of ether oxygens (including phenoxy) is 1. The van der Waals surface area contributed by atoms with Crippen LogP contribution in [-0.2, 0) is 5.41 Å². The van der Waals surface area contributed by atoms with E-state index in [-0.39, 0.29) is 0 Å². The minimum absolute atomic E-state index is 0.329. The second-order valence-corrected chi connectivity index (χ2v) is 5.05. The lowest BCUT2D eigenvalue weighted by atomic mass is 9.95. The fourth-order valence-corrected chi connectivity index (χ4v) is 3.17. The monoisotopic (exact) mass is 268 g/mol. The van der Waals surface area contributed by atoms with Crippen molar-refractivity contribution < 1.29 is 4.74 Å². The lowest BCUT2D eigenvalue weighted by molar-refractivity contribution is 0.333. The molecule has 2 unspecified atom stereocenters. The van der Waals surface area contributed by atoms with E-state index in [2.05, 4.69) is 41.1 Å². The average Bonchev–Trinajstić information content (AvgIpc) is 2.92. The van der Waals surface area contributed by atoms with Crippen molar-refractivity contribution in [3.63, 3.8) is 0 Å². The van der Waals surface area contributed by atoms with E-state index in [1.165, 1.54) is 12.0 Å². The zero-order valence-electron chi connectivity index (χ0n) is 9.29. The third-order valence-electron chi connectivity index (χ3n) is 3.40. The van der Waals surface area contributed by atoms with Crippen LogP contribution in [-0.4, -0.2) is 11.9 Å². The van der Waals surface area contributed by atoms with Gasteiger partial charge >= 0.3 is 0 Å². The highest BCUT2D eigenvalue weighted by atomic mass is 79.9. The molecule has 2 atom stereocenters. The molecule has 0 aliphatic heterocycles. The third-order valence-corrected chi connectivity index (χ3v) is 4.18. The van der Waals surface area contributed by atoms with E-state index < -0.39 is 0 Å². The lowest BCUT2D eigenvalue weighted by Gasteiger charge is -2.16. The van der Waals surface area contributed by atoms with Gasteiger partial charge in [-0.2, -0.15) is 0 Å². The number of benzene rings is 1. The minimum atomic E-state index is 0.329. The van der Waals surface area contributed by atoms with Crippen LogP contribution < -0.4 is 4.74 Å². The summed E-state index contributed by atoms with van der Waals surface area (Å²) in [6.07, 6.45) is 1.27. The predicted molar refractivity (Wildman–Crippen MR) is 66.9 cm³/mol. The summed E-state index contributed by atoms with van der Waals surface area (Å²) in [5.74, 6) is 1.82. The summed E-state index contributed by atoms with van der Waals surface area (Å²) in [5, 5.41) is 1.09. The lowest BCUT2D eigenvalue weighted by Crippen LogP contribution is -2.08. The smallest absolute Gasteiger partial charge is 0.123 e. The van der Waals surface area contributed by atoms with Crippen molar-refractivity contribution >= 4 is 15.9 Å². The zero-order valence-corrected chi connectivity index (χ0v) is 10.9. The Balaban J connectivity index is 2.28. The fraction of sp³-hybridized carbons (Fsp3) is 0.538. The SMILES string of the molecule is CCOc1ccccc1C1(C)CC1CBr. The molecule has 0 heterocycles. The Morgan fingerprint density at radius 1 is 1.47 bits per heavy atom. The summed E-state index contributed by atoms with van der Waals surface area (Å²) in [5.41, 5.74) is 1.70. The number of rotatable bonds is 4. The average molecular weight is 269 g/mol. The Labute approximate surface area is 100.0 Å². The van der Waals surface area contributed by atoms with Gasteiger partial charge in [0, 0.05) is 16.3 Å². The zero-order chi connectivity index (χ0) is 10.9. The fourth-order valence-electron chi connectivity index (χ4n) is 2.23. The van der Waals surface area contributed by atoms with Crippen molar-refractivity contribution in [1.82, 2.24) is 0 Å². The summed E-state index contributed by atoms with van der Waals surface area (Å²) >= 11 is 3.57. The Morgan fingerprint density at radius 3 is 2.80 bits per heavy atom. The Kier molecular flexibility index (Phi) is 3.06. The van der Waals surface area contributed by atoms with Crippen molar-refractivity contribution in [2.24, 2.45) is 5.92 Å². The molecular weight excluding hydrogens is 252 g/mol. The predicted octanol–water partition coefficient (Wildman–Crippen LogP) is 3.76. The summed E-state index contributed by atoms with van der Waals surface area (Å²) in [7, 11) is 0. The maximum Gasteiger partial charge on any atom is 0.123 e. The molecule has 1 saturated carbocycles. The number of halogens is 1. The molecule has 1 nitrogen and oxygen atoms in total. The first kappa shape index (κ1) is 11.0. The van der Waals surface area contributed by atoms with Crippen LogP contribution in [0.3, 0.4) is 0 Å². The van der Waals surface area contributed by atoms with E-state index in [0.717, 1.165) is 23.6 Å². The van der Waals surface area contributed by atoms with Crippen molar-refractivity contribution in [2.75, 3.05) is 11.9 Å². The molecule has 2 heteroatoms. The molecular formula is C13H17BrO. The highest BCUT2D eigenvalue weighted by Crippen LogP contribution is 2.56. The standard InChI is InChI=1S/C13H17BrO/c1-3-15-12-7-5-4-6-11(12)13(2)8-10(13)9-14/h4-7,10H,3,8-9H2,1-2H3. The normalized spacial score (nSPS) is 28.9. The molecule has 0 radical (unpaired) electrons. The van der Waals surface area contributed by atoms with E-state index in [4.69, 9.17) is 4.74 Å². The van der Waals surface area contributed by atoms with Gasteiger partial charge in [0.25, 0.3) is 0 Å². The number of hydrogen-bond acceptors (Lipinski definition) is 1. The molecule has 1 aliphatic rings. The summed E-state index contributed by atoms with van der Waals surface area (Å²) in [6.45, 7) is 5.11. The van der Waals surface area contributed by atoms with Crippen molar-refractivity contribution in [3.8, 4) is 5.75 Å². The molecule has 0 bridgehead atoms. The van der Waals surface area contributed by atoms with Gasteiger partial charge in [-0.25, -0.2) is 0 Å². The summed E-state index contributed by atoms with van der Waals surface area (Å²) < 4.78 is 5.68. The van der Waals surface area contributed by atoms with Gasteiger partial charge in [-0.1, -0.05) is 41.1 Å². The van der Waals surface area contributed by atoms with Gasteiger partial charge in [0.05, 0.1) is 6.61 Å². The van der Waals surface area contributed by atoms with E-state index in [1.807, 2.05) is 13.0 Å². The molecule has 15 heavy (non-hydrogen) atoms. The summed E-state index contributed by atoms with van der Waals surface area (Å²) in [6, 6.07) is 8.43. The molecule has 0 saturated heterocycles. The van der Waals surface area contributed by atoms with Crippen LogP contribution in [0.2, 0.25) is 0 Å². The molecule has 1 aromatic carbocycles. The largest absolute Gasteiger partial charge is 0.494 e. The van der Waals surface area contributed by atoms with Crippen LogP contribution in [0.25, 0.3) is 0 Å². The third kappa shape index (κ3) is 1.92. The highest BCUT2D eigenvalue weighted by molar-refractivity contribution is 9.09. The molecule has 0 aromatic heterocycles. The Morgan fingerprint density at radius 2 is 2.20 bits per heavy atom. The molecule has 1 fully saturated rings. The number of alkyl halides is 1. The number of hydrogen-bond donors (Lipinski definition) is 0. The van der Waals surface area contributed by atoms with Crippen molar-refractivity contribution in [2.45, 2.75) is 25.7 Å². The van der Waals surface area contributed by atoms with Gasteiger partial charge in [0.1, 0.15) is 5.75 Å². The summed E-state index contributed by atoms with van der Waals surface area (Å²) in [4.78, 5) is 0.